The van der Waals surface area contributed by atoms with Gasteiger partial charge in [-0.15, -0.1) is 6.42 Å². The molecule has 0 saturated carbocycles. The van der Waals surface area contributed by atoms with Gasteiger partial charge in [-0.05, 0) is 0 Å². The molecule has 2 heterocycles. The molecule has 0 aliphatic rings. The summed E-state index contributed by atoms with van der Waals surface area (Å²) in [7, 11) is 0. The van der Waals surface area contributed by atoms with Crippen LogP contribution in [0.5, 0.6) is 0 Å². The number of hydrogen-bond acceptors (Lipinski definition) is 2. The van der Waals surface area contributed by atoms with Gasteiger partial charge >= 0.3 is 0 Å². The second kappa shape index (κ2) is 2.69. The van der Waals surface area contributed by atoms with E-state index in [4.69, 9.17) is 11.7 Å². The largest absolute Gasteiger partial charge is 0.319 e. The summed E-state index contributed by atoms with van der Waals surface area (Å²) in [6.07, 6.45) is 10.3. The van der Waals surface area contributed by atoms with E-state index >= 15 is 0 Å². The van der Waals surface area contributed by atoms with Crippen molar-refractivity contribution in [2.45, 2.75) is 6.54 Å². The first-order valence-corrected chi connectivity index (χ1v) is 3.73. The van der Waals surface area contributed by atoms with Crippen LogP contribution in [0.4, 0.5) is 0 Å². The van der Waals surface area contributed by atoms with Crippen molar-refractivity contribution >= 4 is 5.65 Å². The third-order valence-corrected chi connectivity index (χ3v) is 1.81. The Kier molecular flexibility index (Phi) is 1.54. The standard InChI is InChI=1S/C9H6N4/c1-2-3-12-4-5-13-9(12)8(6-10)7-11-13/h1,4-5,7H,3H2. The molecule has 0 N–H and O–H groups in total. The first kappa shape index (κ1) is 7.45. The molecule has 0 unspecified atom stereocenters. The molecule has 0 bridgehead atoms. The van der Waals surface area contributed by atoms with Crippen molar-refractivity contribution < 1.29 is 0 Å². The van der Waals surface area contributed by atoms with Gasteiger partial charge in [0.2, 0.25) is 0 Å². The quantitative estimate of drug-likeness (QED) is 0.589. The number of rotatable bonds is 1. The Balaban J connectivity index is 2.71. The van der Waals surface area contributed by atoms with Gasteiger partial charge in [-0.25, -0.2) is 4.52 Å². The van der Waals surface area contributed by atoms with E-state index in [2.05, 4.69) is 17.1 Å². The summed E-state index contributed by atoms with van der Waals surface area (Å²) < 4.78 is 3.45. The second-order valence-electron chi connectivity index (χ2n) is 2.57. The zero-order valence-electron chi connectivity index (χ0n) is 6.81. The fourth-order valence-electron chi connectivity index (χ4n) is 1.27. The van der Waals surface area contributed by atoms with Crippen molar-refractivity contribution in [1.82, 2.24) is 14.2 Å². The predicted molar refractivity (Wildman–Crippen MR) is 46.7 cm³/mol. The molecule has 4 nitrogen and oxygen atoms in total. The first-order chi connectivity index (χ1) is 6.36. The Hall–Kier alpha value is -2.20. The van der Waals surface area contributed by atoms with Gasteiger partial charge in [0.15, 0.2) is 5.65 Å². The highest BCUT2D eigenvalue weighted by Crippen LogP contribution is 2.09. The van der Waals surface area contributed by atoms with Crippen LogP contribution in [0.25, 0.3) is 5.65 Å². The lowest BCUT2D eigenvalue weighted by Crippen LogP contribution is -1.94. The average Bonchev–Trinajstić information content (AvgIpc) is 2.68. The summed E-state index contributed by atoms with van der Waals surface area (Å²) in [5.74, 6) is 2.52. The van der Waals surface area contributed by atoms with Gasteiger partial charge in [-0.1, -0.05) is 5.92 Å². The van der Waals surface area contributed by atoms with Crippen molar-refractivity contribution in [3.8, 4) is 18.4 Å². The van der Waals surface area contributed by atoms with E-state index in [1.807, 2.05) is 10.8 Å². The van der Waals surface area contributed by atoms with Crippen molar-refractivity contribution in [3.63, 3.8) is 0 Å². The molecule has 0 amide bonds. The molecule has 0 spiro atoms. The highest BCUT2D eigenvalue weighted by Gasteiger charge is 2.06. The molecular formula is C9H6N4. The average molecular weight is 170 g/mol. The first-order valence-electron chi connectivity index (χ1n) is 3.73. The summed E-state index contributed by atoms with van der Waals surface area (Å²) in [4.78, 5) is 0. The van der Waals surface area contributed by atoms with Crippen LogP contribution in [-0.2, 0) is 6.54 Å². The number of imidazole rings is 1. The van der Waals surface area contributed by atoms with Crippen LogP contribution >= 0.6 is 0 Å². The Labute approximate surface area is 75.0 Å². The maximum Gasteiger partial charge on any atom is 0.154 e. The molecule has 0 aliphatic heterocycles. The lowest BCUT2D eigenvalue weighted by atomic mass is 10.4. The molecule has 13 heavy (non-hydrogen) atoms. The molecule has 2 aromatic heterocycles. The Morgan fingerprint density at radius 1 is 1.54 bits per heavy atom. The number of terminal acetylenes is 1. The van der Waals surface area contributed by atoms with Gasteiger partial charge in [0, 0.05) is 12.4 Å². The van der Waals surface area contributed by atoms with Crippen molar-refractivity contribution in [3.05, 3.63) is 24.2 Å². The topological polar surface area (TPSA) is 46.0 Å². The molecule has 62 valence electrons. The van der Waals surface area contributed by atoms with E-state index < -0.39 is 0 Å². The molecule has 0 aliphatic carbocycles. The lowest BCUT2D eigenvalue weighted by molar-refractivity contribution is 0.868. The van der Waals surface area contributed by atoms with E-state index in [0.717, 1.165) is 5.65 Å². The van der Waals surface area contributed by atoms with Gasteiger partial charge in [-0.3, -0.25) is 0 Å². The van der Waals surface area contributed by atoms with Crippen LogP contribution in [0.15, 0.2) is 18.6 Å². The highest BCUT2D eigenvalue weighted by molar-refractivity contribution is 5.55. The van der Waals surface area contributed by atoms with E-state index in [-0.39, 0.29) is 0 Å². The van der Waals surface area contributed by atoms with Gasteiger partial charge in [-0.2, -0.15) is 10.4 Å². The Bertz CT molecular complexity index is 518. The molecule has 4 heteroatoms. The number of aromatic nitrogens is 3. The fourth-order valence-corrected chi connectivity index (χ4v) is 1.27. The summed E-state index contributed by atoms with van der Waals surface area (Å²) >= 11 is 0. The van der Waals surface area contributed by atoms with E-state index in [1.165, 1.54) is 6.20 Å². The summed E-state index contributed by atoms with van der Waals surface area (Å²) in [6.45, 7) is 0.455. The van der Waals surface area contributed by atoms with E-state index in [9.17, 15) is 0 Å². The number of nitrogens with zero attached hydrogens (tertiary/aromatic N) is 4. The normalized spacial score (nSPS) is 9.69. The van der Waals surface area contributed by atoms with Crippen molar-refractivity contribution in [2.24, 2.45) is 0 Å². The van der Waals surface area contributed by atoms with Gasteiger partial charge in [0.25, 0.3) is 0 Å². The fraction of sp³-hybridized carbons (Fsp3) is 0.111. The molecular weight excluding hydrogens is 164 g/mol. The third-order valence-electron chi connectivity index (χ3n) is 1.81. The van der Waals surface area contributed by atoms with Crippen LogP contribution < -0.4 is 0 Å². The van der Waals surface area contributed by atoms with Gasteiger partial charge in [0.05, 0.1) is 12.7 Å². The number of nitriles is 1. The molecule has 0 saturated heterocycles. The molecule has 0 radical (unpaired) electrons. The van der Waals surface area contributed by atoms with Crippen LogP contribution in [-0.4, -0.2) is 14.2 Å². The van der Waals surface area contributed by atoms with Gasteiger partial charge in [0.1, 0.15) is 11.6 Å². The second-order valence-corrected chi connectivity index (χ2v) is 2.57. The van der Waals surface area contributed by atoms with Crippen LogP contribution in [0, 0.1) is 23.7 Å². The van der Waals surface area contributed by atoms with Gasteiger partial charge < -0.3 is 4.57 Å². The van der Waals surface area contributed by atoms with Crippen molar-refractivity contribution in [1.29, 1.82) is 5.26 Å². The van der Waals surface area contributed by atoms with Crippen LogP contribution in [0.2, 0.25) is 0 Å². The minimum atomic E-state index is 0.455. The predicted octanol–water partition coefficient (Wildman–Crippen LogP) is 0.641. The minimum absolute atomic E-state index is 0.455. The summed E-state index contributed by atoms with van der Waals surface area (Å²) in [5, 5.41) is 12.8. The van der Waals surface area contributed by atoms with Crippen LogP contribution in [0.1, 0.15) is 5.56 Å². The van der Waals surface area contributed by atoms with Crippen molar-refractivity contribution in [2.75, 3.05) is 0 Å². The number of hydrogen-bond donors (Lipinski definition) is 0. The maximum atomic E-state index is 8.77. The third kappa shape index (κ3) is 0.969. The summed E-state index contributed by atoms with van der Waals surface area (Å²) in [6, 6.07) is 2.06. The zero-order valence-corrected chi connectivity index (χ0v) is 6.81. The Morgan fingerprint density at radius 2 is 2.38 bits per heavy atom. The maximum absolute atomic E-state index is 8.77. The molecule has 0 aromatic carbocycles. The molecule has 2 aromatic rings. The molecule has 2 rings (SSSR count). The molecule has 0 atom stereocenters. The van der Waals surface area contributed by atoms with E-state index in [0.29, 0.717) is 12.1 Å². The SMILES string of the molecule is C#CCn1ccn2ncc(C#N)c12. The zero-order chi connectivity index (χ0) is 9.26. The lowest BCUT2D eigenvalue weighted by Gasteiger charge is -1.94. The van der Waals surface area contributed by atoms with E-state index in [1.54, 1.807) is 10.7 Å². The molecule has 0 fully saturated rings. The number of fused-ring (bicyclic) bond motifs is 1. The minimum Gasteiger partial charge on any atom is -0.319 e. The Morgan fingerprint density at radius 3 is 3.08 bits per heavy atom. The van der Waals surface area contributed by atoms with Crippen LogP contribution in [0.3, 0.4) is 0 Å². The highest BCUT2D eigenvalue weighted by atomic mass is 15.3. The summed E-state index contributed by atoms with van der Waals surface area (Å²) in [5.41, 5.74) is 1.29. The smallest absolute Gasteiger partial charge is 0.154 e. The monoisotopic (exact) mass is 170 g/mol.